The van der Waals surface area contributed by atoms with Crippen LogP contribution in [0.5, 0.6) is 0 Å². The van der Waals surface area contributed by atoms with Gasteiger partial charge in [-0.15, -0.1) is 0 Å². The quantitative estimate of drug-likeness (QED) is 0.838. The van der Waals surface area contributed by atoms with E-state index in [9.17, 15) is 14.0 Å². The molecule has 2 heterocycles. The molecule has 2 amide bonds. The van der Waals surface area contributed by atoms with Crippen molar-refractivity contribution in [1.29, 1.82) is 0 Å². The maximum Gasteiger partial charge on any atom is 0.259 e. The van der Waals surface area contributed by atoms with E-state index in [1.165, 1.54) is 12.1 Å². The van der Waals surface area contributed by atoms with Gasteiger partial charge in [0.15, 0.2) is 0 Å². The highest BCUT2D eigenvalue weighted by molar-refractivity contribution is 6.33. The summed E-state index contributed by atoms with van der Waals surface area (Å²) in [5, 5.41) is 2.55. The van der Waals surface area contributed by atoms with Crippen molar-refractivity contribution < 1.29 is 14.0 Å². The Labute approximate surface area is 150 Å². The Morgan fingerprint density at radius 2 is 1.92 bits per heavy atom. The Kier molecular flexibility index (Phi) is 4.37. The molecular formula is C19H18ClFN2O2. The van der Waals surface area contributed by atoms with Crippen LogP contribution in [0.4, 0.5) is 4.39 Å². The Balaban J connectivity index is 2.27. The van der Waals surface area contributed by atoms with E-state index in [2.05, 4.69) is 10.3 Å². The van der Waals surface area contributed by atoms with Crippen molar-refractivity contribution in [3.8, 4) is 11.3 Å². The van der Waals surface area contributed by atoms with Crippen molar-refractivity contribution in [2.24, 2.45) is 5.92 Å². The normalized spacial score (nSPS) is 19.8. The third-order valence-electron chi connectivity index (χ3n) is 4.42. The number of nitrogens with one attached hydrogen (secondary N) is 1. The predicted octanol–water partition coefficient (Wildman–Crippen LogP) is 4.11. The second-order valence-electron chi connectivity index (χ2n) is 6.91. The van der Waals surface area contributed by atoms with Gasteiger partial charge in [-0.2, -0.15) is 0 Å². The molecule has 0 spiro atoms. The van der Waals surface area contributed by atoms with E-state index < -0.39 is 23.0 Å². The van der Waals surface area contributed by atoms with Gasteiger partial charge < -0.3 is 0 Å². The molecule has 25 heavy (non-hydrogen) atoms. The van der Waals surface area contributed by atoms with Crippen LogP contribution in [-0.4, -0.2) is 16.8 Å². The van der Waals surface area contributed by atoms with Gasteiger partial charge in [-0.25, -0.2) is 9.37 Å². The predicted molar refractivity (Wildman–Crippen MR) is 93.9 cm³/mol. The molecule has 0 bridgehead atoms. The van der Waals surface area contributed by atoms with Crippen LogP contribution in [0.25, 0.3) is 11.3 Å². The molecule has 1 unspecified atom stereocenters. The van der Waals surface area contributed by atoms with Crippen LogP contribution >= 0.6 is 11.6 Å². The van der Waals surface area contributed by atoms with Crippen LogP contribution in [0.3, 0.4) is 0 Å². The summed E-state index contributed by atoms with van der Waals surface area (Å²) in [5.74, 6) is -1.19. The molecule has 6 heteroatoms. The highest BCUT2D eigenvalue weighted by Crippen LogP contribution is 2.39. The average molecular weight is 361 g/mol. The topological polar surface area (TPSA) is 59.1 Å². The Morgan fingerprint density at radius 3 is 2.56 bits per heavy atom. The lowest BCUT2D eigenvalue weighted by Crippen LogP contribution is -2.51. The van der Waals surface area contributed by atoms with Gasteiger partial charge in [0.25, 0.3) is 5.91 Å². The Bertz CT molecular complexity index is 882. The minimum Gasteiger partial charge on any atom is -0.291 e. The van der Waals surface area contributed by atoms with E-state index in [4.69, 9.17) is 11.6 Å². The Morgan fingerprint density at radius 1 is 1.24 bits per heavy atom. The van der Waals surface area contributed by atoms with Crippen molar-refractivity contribution in [2.75, 3.05) is 0 Å². The standard InChI is InChI=1S/C19H18ClFN2O2/c1-10(2)9-19(3)16-12(17(24)23-18(19)25)8-13(20)15(22-16)11-6-4-5-7-14(11)21/h4-8,10H,9H2,1-3H3,(H,23,24,25). The lowest BCUT2D eigenvalue weighted by Gasteiger charge is -2.34. The molecule has 0 radical (unpaired) electrons. The molecule has 2 aromatic rings. The maximum atomic E-state index is 14.2. The molecule has 1 atom stereocenters. The molecule has 0 saturated carbocycles. The number of pyridine rings is 1. The van der Waals surface area contributed by atoms with Crippen LogP contribution in [0.15, 0.2) is 30.3 Å². The number of carbonyl (C=O) groups is 2. The fraction of sp³-hybridized carbons (Fsp3) is 0.316. The summed E-state index contributed by atoms with van der Waals surface area (Å²) in [6, 6.07) is 7.61. The highest BCUT2D eigenvalue weighted by Gasteiger charge is 2.45. The van der Waals surface area contributed by atoms with Crippen molar-refractivity contribution in [2.45, 2.75) is 32.6 Å². The summed E-state index contributed by atoms with van der Waals surface area (Å²) in [6.45, 7) is 5.73. The van der Waals surface area contributed by atoms with E-state index >= 15 is 0 Å². The molecule has 1 N–H and O–H groups in total. The number of imide groups is 1. The van der Waals surface area contributed by atoms with E-state index in [-0.39, 0.29) is 27.8 Å². The number of hydrogen-bond acceptors (Lipinski definition) is 3. The molecular weight excluding hydrogens is 343 g/mol. The largest absolute Gasteiger partial charge is 0.291 e. The second-order valence-corrected chi connectivity index (χ2v) is 7.32. The summed E-state index contributed by atoms with van der Waals surface area (Å²) < 4.78 is 14.2. The van der Waals surface area contributed by atoms with Crippen LogP contribution in [-0.2, 0) is 10.2 Å². The van der Waals surface area contributed by atoms with Crippen LogP contribution < -0.4 is 5.32 Å². The number of rotatable bonds is 3. The van der Waals surface area contributed by atoms with Crippen molar-refractivity contribution >= 4 is 23.4 Å². The van der Waals surface area contributed by atoms with Gasteiger partial charge in [0.2, 0.25) is 5.91 Å². The first-order chi connectivity index (χ1) is 11.7. The smallest absolute Gasteiger partial charge is 0.259 e. The van der Waals surface area contributed by atoms with Gasteiger partial charge in [0, 0.05) is 5.56 Å². The average Bonchev–Trinajstić information content (AvgIpc) is 2.53. The van der Waals surface area contributed by atoms with Crippen molar-refractivity contribution in [3.63, 3.8) is 0 Å². The monoisotopic (exact) mass is 360 g/mol. The zero-order valence-corrected chi connectivity index (χ0v) is 14.9. The minimum absolute atomic E-state index is 0.167. The summed E-state index contributed by atoms with van der Waals surface area (Å²) >= 11 is 6.27. The summed E-state index contributed by atoms with van der Waals surface area (Å²) in [6.07, 6.45) is 0.504. The number of nitrogens with zero attached hydrogens (tertiary/aromatic N) is 1. The van der Waals surface area contributed by atoms with Crippen molar-refractivity contribution in [3.05, 3.63) is 52.4 Å². The number of benzene rings is 1. The van der Waals surface area contributed by atoms with Crippen molar-refractivity contribution in [1.82, 2.24) is 10.3 Å². The maximum absolute atomic E-state index is 14.2. The Hall–Kier alpha value is -2.27. The molecule has 0 aliphatic carbocycles. The molecule has 0 fully saturated rings. The number of fused-ring (bicyclic) bond motifs is 1. The van der Waals surface area contributed by atoms with Gasteiger partial charge >= 0.3 is 0 Å². The molecule has 130 valence electrons. The molecule has 1 aromatic heterocycles. The van der Waals surface area contributed by atoms with Crippen LogP contribution in [0.1, 0.15) is 43.2 Å². The summed E-state index contributed by atoms with van der Waals surface area (Å²) in [7, 11) is 0. The first-order valence-electron chi connectivity index (χ1n) is 8.05. The van der Waals surface area contributed by atoms with Crippen LogP contribution in [0, 0.1) is 11.7 Å². The molecule has 1 aliphatic rings. The fourth-order valence-electron chi connectivity index (χ4n) is 3.35. The van der Waals surface area contributed by atoms with Gasteiger partial charge in [-0.1, -0.05) is 37.6 Å². The van der Waals surface area contributed by atoms with Gasteiger partial charge in [-0.05, 0) is 37.5 Å². The number of amides is 2. The third-order valence-corrected chi connectivity index (χ3v) is 4.71. The minimum atomic E-state index is -0.984. The van der Waals surface area contributed by atoms with Gasteiger partial charge in [0.05, 0.1) is 27.4 Å². The van der Waals surface area contributed by atoms with Gasteiger partial charge in [0.1, 0.15) is 5.82 Å². The molecule has 0 saturated heterocycles. The van der Waals surface area contributed by atoms with E-state index in [0.717, 1.165) is 0 Å². The zero-order chi connectivity index (χ0) is 18.4. The fourth-order valence-corrected chi connectivity index (χ4v) is 3.60. The molecule has 1 aliphatic heterocycles. The second kappa shape index (κ2) is 6.23. The van der Waals surface area contributed by atoms with Gasteiger partial charge in [-0.3, -0.25) is 14.9 Å². The summed E-state index contributed by atoms with van der Waals surface area (Å²) in [4.78, 5) is 29.3. The third kappa shape index (κ3) is 2.93. The first-order valence-corrected chi connectivity index (χ1v) is 8.43. The van der Waals surface area contributed by atoms with E-state index in [1.54, 1.807) is 25.1 Å². The SMILES string of the molecule is CC(C)CC1(C)C(=O)NC(=O)c2cc(Cl)c(-c3ccccc3F)nc21. The number of halogens is 2. The lowest BCUT2D eigenvalue weighted by molar-refractivity contribution is -0.126. The van der Waals surface area contributed by atoms with E-state index in [1.807, 2.05) is 13.8 Å². The first kappa shape index (κ1) is 17.5. The molecule has 4 nitrogen and oxygen atoms in total. The number of aromatic nitrogens is 1. The summed E-state index contributed by atoms with van der Waals surface area (Å²) in [5.41, 5.74) is 0.0872. The number of carbonyl (C=O) groups excluding carboxylic acids is 2. The lowest BCUT2D eigenvalue weighted by atomic mass is 9.74. The zero-order valence-electron chi connectivity index (χ0n) is 14.2. The molecule has 3 rings (SSSR count). The number of hydrogen-bond donors (Lipinski definition) is 1. The highest BCUT2D eigenvalue weighted by atomic mass is 35.5. The molecule has 1 aromatic carbocycles. The van der Waals surface area contributed by atoms with Crippen LogP contribution in [0.2, 0.25) is 5.02 Å². The van der Waals surface area contributed by atoms with E-state index in [0.29, 0.717) is 12.1 Å².